The summed E-state index contributed by atoms with van der Waals surface area (Å²) in [6, 6.07) is 0. The third kappa shape index (κ3) is 1.03. The fourth-order valence-electron chi connectivity index (χ4n) is 1.48. The molecule has 2 heterocycles. The van der Waals surface area contributed by atoms with Crippen LogP contribution in [0.3, 0.4) is 0 Å². The van der Waals surface area contributed by atoms with E-state index < -0.39 is 0 Å². The third-order valence-electron chi connectivity index (χ3n) is 2.42. The van der Waals surface area contributed by atoms with Gasteiger partial charge in [-0.05, 0) is 0 Å². The van der Waals surface area contributed by atoms with Gasteiger partial charge in [0.1, 0.15) is 10.9 Å². The van der Waals surface area contributed by atoms with Crippen LogP contribution in [0.1, 0.15) is 6.42 Å². The standard InChI is InChI=1S/C7H9NO2S2/c1-8-6(11)12-4-7(8)2-5(9)10-3-7/h2-4H2,1H3/t7-/m0/s1. The molecule has 0 aliphatic carbocycles. The minimum absolute atomic E-state index is 0.104. The van der Waals surface area contributed by atoms with Gasteiger partial charge >= 0.3 is 5.97 Å². The normalized spacial score (nSPS) is 34.9. The minimum Gasteiger partial charge on any atom is -0.463 e. The summed E-state index contributed by atoms with van der Waals surface area (Å²) in [5.74, 6) is 0.779. The van der Waals surface area contributed by atoms with E-state index in [0.717, 1.165) is 10.1 Å². The van der Waals surface area contributed by atoms with Gasteiger partial charge in [-0.25, -0.2) is 0 Å². The molecule has 0 saturated carbocycles. The molecule has 1 spiro atoms. The number of nitrogens with zero attached hydrogens (tertiary/aromatic N) is 1. The summed E-state index contributed by atoms with van der Waals surface area (Å²) in [4.78, 5) is 13.0. The van der Waals surface area contributed by atoms with Crippen molar-refractivity contribution in [1.82, 2.24) is 4.90 Å². The number of likely N-dealkylation sites (N-methyl/N-ethyl adjacent to an activating group) is 1. The van der Waals surface area contributed by atoms with Crippen molar-refractivity contribution in [1.29, 1.82) is 0 Å². The van der Waals surface area contributed by atoms with E-state index in [1.807, 2.05) is 11.9 Å². The molecular weight excluding hydrogens is 194 g/mol. The Morgan fingerprint density at radius 2 is 2.50 bits per heavy atom. The molecule has 0 bridgehead atoms. The highest BCUT2D eigenvalue weighted by Gasteiger charge is 2.48. The molecule has 0 N–H and O–H groups in total. The van der Waals surface area contributed by atoms with Crippen molar-refractivity contribution < 1.29 is 9.53 Å². The van der Waals surface area contributed by atoms with E-state index in [1.165, 1.54) is 0 Å². The number of thioether (sulfide) groups is 1. The first kappa shape index (κ1) is 8.31. The van der Waals surface area contributed by atoms with Gasteiger partial charge < -0.3 is 9.64 Å². The second-order valence-electron chi connectivity index (χ2n) is 3.18. The van der Waals surface area contributed by atoms with Gasteiger partial charge in [0.15, 0.2) is 0 Å². The SMILES string of the molecule is CN1C(=S)SC[C@]12COC(=O)C2. The van der Waals surface area contributed by atoms with Gasteiger partial charge in [-0.3, -0.25) is 4.79 Å². The number of carbonyl (C=O) groups is 1. The van der Waals surface area contributed by atoms with Crippen molar-refractivity contribution >= 4 is 34.3 Å². The number of carbonyl (C=O) groups excluding carboxylic acids is 1. The smallest absolute Gasteiger partial charge is 0.308 e. The molecule has 2 rings (SSSR count). The second kappa shape index (κ2) is 2.60. The van der Waals surface area contributed by atoms with Gasteiger partial charge in [0.2, 0.25) is 0 Å². The van der Waals surface area contributed by atoms with Crippen molar-refractivity contribution in [3.05, 3.63) is 0 Å². The molecule has 0 aromatic heterocycles. The average molecular weight is 203 g/mol. The maximum absolute atomic E-state index is 11.0. The molecule has 0 amide bonds. The summed E-state index contributed by atoms with van der Waals surface area (Å²) in [6.45, 7) is 0.496. The zero-order valence-electron chi connectivity index (χ0n) is 6.70. The van der Waals surface area contributed by atoms with Crippen LogP contribution in [0.15, 0.2) is 0 Å². The van der Waals surface area contributed by atoms with Crippen LogP contribution >= 0.6 is 24.0 Å². The van der Waals surface area contributed by atoms with E-state index in [4.69, 9.17) is 17.0 Å². The molecule has 12 heavy (non-hydrogen) atoms. The van der Waals surface area contributed by atoms with E-state index in [1.54, 1.807) is 11.8 Å². The topological polar surface area (TPSA) is 29.5 Å². The van der Waals surface area contributed by atoms with Crippen LogP contribution in [0.25, 0.3) is 0 Å². The third-order valence-corrected chi connectivity index (χ3v) is 4.25. The Labute approximate surface area is 80.4 Å². The Hall–Kier alpha value is -0.290. The number of hydrogen-bond donors (Lipinski definition) is 0. The zero-order valence-corrected chi connectivity index (χ0v) is 8.33. The number of rotatable bonds is 0. The second-order valence-corrected chi connectivity index (χ2v) is 4.78. The molecule has 0 unspecified atom stereocenters. The lowest BCUT2D eigenvalue weighted by Gasteiger charge is -2.28. The Kier molecular flexibility index (Phi) is 1.80. The lowest BCUT2D eigenvalue weighted by Crippen LogP contribution is -2.45. The number of cyclic esters (lactones) is 1. The maximum atomic E-state index is 11.0. The van der Waals surface area contributed by atoms with Crippen molar-refractivity contribution in [3.8, 4) is 0 Å². The molecule has 0 radical (unpaired) electrons. The van der Waals surface area contributed by atoms with E-state index in [0.29, 0.717) is 13.0 Å². The van der Waals surface area contributed by atoms with Crippen LogP contribution in [-0.4, -0.2) is 40.1 Å². The van der Waals surface area contributed by atoms with Crippen LogP contribution in [-0.2, 0) is 9.53 Å². The Morgan fingerprint density at radius 1 is 1.75 bits per heavy atom. The van der Waals surface area contributed by atoms with Gasteiger partial charge in [-0.1, -0.05) is 24.0 Å². The van der Waals surface area contributed by atoms with Crippen LogP contribution in [0.4, 0.5) is 0 Å². The van der Waals surface area contributed by atoms with Crippen LogP contribution in [0, 0.1) is 0 Å². The van der Waals surface area contributed by atoms with Gasteiger partial charge in [0.25, 0.3) is 0 Å². The molecule has 2 saturated heterocycles. The van der Waals surface area contributed by atoms with Gasteiger partial charge in [-0.2, -0.15) is 0 Å². The van der Waals surface area contributed by atoms with E-state index in [9.17, 15) is 4.79 Å². The van der Waals surface area contributed by atoms with Crippen LogP contribution < -0.4 is 0 Å². The highest BCUT2D eigenvalue weighted by atomic mass is 32.2. The van der Waals surface area contributed by atoms with E-state index in [2.05, 4.69) is 0 Å². The number of thiocarbonyl (C=S) groups is 1. The summed E-state index contributed by atoms with van der Waals surface area (Å²) in [6.07, 6.45) is 0.483. The molecule has 5 heteroatoms. The Morgan fingerprint density at radius 3 is 2.92 bits per heavy atom. The molecule has 2 aliphatic rings. The predicted octanol–water partition coefficient (Wildman–Crippen LogP) is 0.636. The van der Waals surface area contributed by atoms with Gasteiger partial charge in [0, 0.05) is 12.8 Å². The molecule has 2 fully saturated rings. The van der Waals surface area contributed by atoms with Crippen LogP contribution in [0.5, 0.6) is 0 Å². The quantitative estimate of drug-likeness (QED) is 0.426. The highest BCUT2D eigenvalue weighted by Crippen LogP contribution is 2.37. The summed E-state index contributed by atoms with van der Waals surface area (Å²) >= 11 is 6.74. The highest BCUT2D eigenvalue weighted by molar-refractivity contribution is 8.23. The summed E-state index contributed by atoms with van der Waals surface area (Å²) in [5, 5.41) is 0. The molecule has 0 aromatic carbocycles. The van der Waals surface area contributed by atoms with Crippen molar-refractivity contribution in [2.75, 3.05) is 19.4 Å². The predicted molar refractivity (Wildman–Crippen MR) is 51.1 cm³/mol. The summed E-state index contributed by atoms with van der Waals surface area (Å²) < 4.78 is 5.82. The molecule has 0 aromatic rings. The fraction of sp³-hybridized carbons (Fsp3) is 0.714. The Bertz CT molecular complexity index is 252. The monoisotopic (exact) mass is 203 g/mol. The molecule has 1 atom stereocenters. The van der Waals surface area contributed by atoms with Crippen molar-refractivity contribution in [2.45, 2.75) is 12.0 Å². The largest absolute Gasteiger partial charge is 0.463 e. The first-order valence-corrected chi connectivity index (χ1v) is 5.10. The lowest BCUT2D eigenvalue weighted by atomic mass is 10.0. The first-order valence-electron chi connectivity index (χ1n) is 3.70. The van der Waals surface area contributed by atoms with Gasteiger partial charge in [-0.15, -0.1) is 0 Å². The molecule has 2 aliphatic heterocycles. The van der Waals surface area contributed by atoms with Crippen molar-refractivity contribution in [2.24, 2.45) is 0 Å². The number of ether oxygens (including phenoxy) is 1. The van der Waals surface area contributed by atoms with Crippen LogP contribution in [0.2, 0.25) is 0 Å². The minimum atomic E-state index is -0.126. The van der Waals surface area contributed by atoms with E-state index >= 15 is 0 Å². The fourth-order valence-corrected chi connectivity index (χ4v) is 3.01. The van der Waals surface area contributed by atoms with E-state index in [-0.39, 0.29) is 11.5 Å². The first-order chi connectivity index (χ1) is 5.64. The maximum Gasteiger partial charge on any atom is 0.308 e. The molecule has 66 valence electrons. The number of hydrogen-bond acceptors (Lipinski definition) is 4. The summed E-state index contributed by atoms with van der Waals surface area (Å²) in [5.41, 5.74) is -0.126. The van der Waals surface area contributed by atoms with Gasteiger partial charge in [0.05, 0.1) is 12.0 Å². The zero-order chi connectivity index (χ0) is 8.77. The van der Waals surface area contributed by atoms with Crippen molar-refractivity contribution in [3.63, 3.8) is 0 Å². The molecule has 3 nitrogen and oxygen atoms in total. The molecular formula is C7H9NO2S2. The average Bonchev–Trinajstić information content (AvgIpc) is 2.53. The summed E-state index contributed by atoms with van der Waals surface area (Å²) in [7, 11) is 1.93. The lowest BCUT2D eigenvalue weighted by molar-refractivity contribution is -0.137. The number of esters is 1. The Balaban J connectivity index is 2.22.